The number of nitrogens with one attached hydrogen (secondary N) is 2. The zero-order valence-corrected chi connectivity index (χ0v) is 11.6. The van der Waals surface area contributed by atoms with Crippen LogP contribution in [0.1, 0.15) is 26.2 Å². The summed E-state index contributed by atoms with van der Waals surface area (Å²) in [6, 6.07) is 3.56. The van der Waals surface area contributed by atoms with Crippen LogP contribution in [0.5, 0.6) is 0 Å². The predicted octanol–water partition coefficient (Wildman–Crippen LogP) is 2.35. The molecule has 20 heavy (non-hydrogen) atoms. The van der Waals surface area contributed by atoms with E-state index in [1.807, 2.05) is 6.07 Å². The van der Waals surface area contributed by atoms with Crippen LogP contribution in [0.25, 0.3) is 10.9 Å². The highest BCUT2D eigenvalue weighted by Crippen LogP contribution is 2.32. The van der Waals surface area contributed by atoms with Crippen LogP contribution in [0.2, 0.25) is 0 Å². The largest absolute Gasteiger partial charge is 0.397 e. The molecule has 5 nitrogen and oxygen atoms in total. The van der Waals surface area contributed by atoms with Gasteiger partial charge in [-0.25, -0.2) is 4.98 Å². The number of anilines is 2. The molecular formula is C15H20N4O. The standard InChI is InChI=1S/C15H20N4O/c1-9-3-2-4-10(9)7-17-14-6-13-11(5-12(14)16)15(20)19-8-18-13/h5-6,8-10,17H,2-4,7,16H2,1H3,(H,18,19,20). The van der Waals surface area contributed by atoms with Gasteiger partial charge in [0, 0.05) is 6.54 Å². The van der Waals surface area contributed by atoms with Crippen molar-refractivity contribution in [3.63, 3.8) is 0 Å². The molecule has 1 aromatic heterocycles. The van der Waals surface area contributed by atoms with Gasteiger partial charge in [0.25, 0.3) is 5.56 Å². The van der Waals surface area contributed by atoms with Gasteiger partial charge >= 0.3 is 0 Å². The number of nitrogens with zero attached hydrogens (tertiary/aromatic N) is 1. The summed E-state index contributed by atoms with van der Waals surface area (Å²) >= 11 is 0. The van der Waals surface area contributed by atoms with E-state index >= 15 is 0 Å². The molecule has 2 aromatic rings. The highest BCUT2D eigenvalue weighted by atomic mass is 16.1. The number of aromatic amines is 1. The Kier molecular flexibility index (Phi) is 3.34. The summed E-state index contributed by atoms with van der Waals surface area (Å²) < 4.78 is 0. The molecule has 1 fully saturated rings. The number of fused-ring (bicyclic) bond motifs is 1. The molecule has 0 spiro atoms. The second-order valence-electron chi connectivity index (χ2n) is 5.74. The molecule has 4 N–H and O–H groups in total. The Morgan fingerprint density at radius 2 is 2.30 bits per heavy atom. The molecule has 1 aliphatic carbocycles. The summed E-state index contributed by atoms with van der Waals surface area (Å²) in [4.78, 5) is 18.4. The highest BCUT2D eigenvalue weighted by Gasteiger charge is 2.23. The fourth-order valence-electron chi connectivity index (χ4n) is 3.05. The number of aromatic nitrogens is 2. The molecular weight excluding hydrogens is 252 g/mol. The second kappa shape index (κ2) is 5.15. The second-order valence-corrected chi connectivity index (χ2v) is 5.74. The molecule has 2 atom stereocenters. The van der Waals surface area contributed by atoms with Crippen molar-refractivity contribution >= 4 is 22.3 Å². The molecule has 1 aromatic carbocycles. The number of hydrogen-bond acceptors (Lipinski definition) is 4. The van der Waals surface area contributed by atoms with Crippen molar-refractivity contribution in [3.8, 4) is 0 Å². The van der Waals surface area contributed by atoms with E-state index in [0.29, 0.717) is 22.5 Å². The predicted molar refractivity (Wildman–Crippen MR) is 81.8 cm³/mol. The van der Waals surface area contributed by atoms with Crippen molar-refractivity contribution in [1.82, 2.24) is 9.97 Å². The lowest BCUT2D eigenvalue weighted by molar-refractivity contribution is 0.440. The molecule has 5 heteroatoms. The van der Waals surface area contributed by atoms with E-state index < -0.39 is 0 Å². The van der Waals surface area contributed by atoms with Gasteiger partial charge in [0.1, 0.15) is 0 Å². The molecule has 0 amide bonds. The summed E-state index contributed by atoms with van der Waals surface area (Å²) in [5.41, 5.74) is 8.02. The Hall–Kier alpha value is -2.04. The van der Waals surface area contributed by atoms with Gasteiger partial charge in [0.2, 0.25) is 0 Å². The molecule has 1 aliphatic rings. The fraction of sp³-hybridized carbons (Fsp3) is 0.467. The molecule has 0 bridgehead atoms. The van der Waals surface area contributed by atoms with Gasteiger partial charge in [-0.3, -0.25) is 4.79 Å². The summed E-state index contributed by atoms with van der Waals surface area (Å²) in [7, 11) is 0. The van der Waals surface area contributed by atoms with E-state index in [4.69, 9.17) is 5.73 Å². The lowest BCUT2D eigenvalue weighted by Gasteiger charge is -2.18. The first-order valence-electron chi connectivity index (χ1n) is 7.16. The van der Waals surface area contributed by atoms with E-state index in [0.717, 1.165) is 18.2 Å². The summed E-state index contributed by atoms with van der Waals surface area (Å²) in [5, 5.41) is 3.95. The maximum atomic E-state index is 11.7. The van der Waals surface area contributed by atoms with Gasteiger partial charge in [-0.15, -0.1) is 0 Å². The van der Waals surface area contributed by atoms with E-state index in [1.165, 1.54) is 25.6 Å². The van der Waals surface area contributed by atoms with Crippen molar-refractivity contribution in [2.45, 2.75) is 26.2 Å². The zero-order valence-electron chi connectivity index (χ0n) is 11.6. The van der Waals surface area contributed by atoms with E-state index in [1.54, 1.807) is 6.07 Å². The van der Waals surface area contributed by atoms with Crippen molar-refractivity contribution in [3.05, 3.63) is 28.8 Å². The lowest BCUT2D eigenvalue weighted by atomic mass is 9.98. The van der Waals surface area contributed by atoms with Crippen LogP contribution < -0.4 is 16.6 Å². The Balaban J connectivity index is 1.84. The molecule has 0 saturated heterocycles. The van der Waals surface area contributed by atoms with Gasteiger partial charge in [-0.05, 0) is 30.4 Å². The van der Waals surface area contributed by atoms with Gasteiger partial charge < -0.3 is 16.0 Å². The summed E-state index contributed by atoms with van der Waals surface area (Å²) in [5.74, 6) is 1.47. The van der Waals surface area contributed by atoms with Crippen LogP contribution in [-0.4, -0.2) is 16.5 Å². The Bertz CT molecular complexity index is 679. The Morgan fingerprint density at radius 1 is 1.45 bits per heavy atom. The third-order valence-electron chi connectivity index (χ3n) is 4.41. The average molecular weight is 272 g/mol. The molecule has 0 aliphatic heterocycles. The van der Waals surface area contributed by atoms with E-state index in [9.17, 15) is 4.79 Å². The number of hydrogen-bond donors (Lipinski definition) is 3. The fourth-order valence-corrected chi connectivity index (χ4v) is 3.05. The monoisotopic (exact) mass is 272 g/mol. The van der Waals surface area contributed by atoms with Crippen LogP contribution in [0, 0.1) is 11.8 Å². The normalized spacial score (nSPS) is 22.2. The summed E-state index contributed by atoms with van der Waals surface area (Å²) in [6.45, 7) is 3.24. The minimum absolute atomic E-state index is 0.155. The van der Waals surface area contributed by atoms with Gasteiger partial charge in [0.15, 0.2) is 0 Å². The quantitative estimate of drug-likeness (QED) is 0.749. The third kappa shape index (κ3) is 2.35. The van der Waals surface area contributed by atoms with Gasteiger partial charge in [-0.2, -0.15) is 0 Å². The van der Waals surface area contributed by atoms with Crippen molar-refractivity contribution in [2.75, 3.05) is 17.6 Å². The number of rotatable bonds is 3. The first kappa shape index (κ1) is 13.0. The van der Waals surface area contributed by atoms with Crippen molar-refractivity contribution < 1.29 is 0 Å². The van der Waals surface area contributed by atoms with Crippen LogP contribution in [-0.2, 0) is 0 Å². The first-order valence-corrected chi connectivity index (χ1v) is 7.16. The minimum Gasteiger partial charge on any atom is -0.397 e. The minimum atomic E-state index is -0.155. The molecule has 2 unspecified atom stereocenters. The van der Waals surface area contributed by atoms with Crippen LogP contribution in [0.3, 0.4) is 0 Å². The topological polar surface area (TPSA) is 83.8 Å². The molecule has 106 valence electrons. The Labute approximate surface area is 117 Å². The molecule has 1 saturated carbocycles. The van der Waals surface area contributed by atoms with Crippen LogP contribution >= 0.6 is 0 Å². The zero-order chi connectivity index (χ0) is 14.1. The molecule has 0 radical (unpaired) electrons. The Morgan fingerprint density at radius 3 is 3.05 bits per heavy atom. The molecule has 3 rings (SSSR count). The number of H-pyrrole nitrogens is 1. The van der Waals surface area contributed by atoms with Crippen LogP contribution in [0.4, 0.5) is 11.4 Å². The number of nitrogens with two attached hydrogens (primary N) is 1. The van der Waals surface area contributed by atoms with E-state index in [-0.39, 0.29) is 5.56 Å². The van der Waals surface area contributed by atoms with Crippen LogP contribution in [0.15, 0.2) is 23.3 Å². The number of benzene rings is 1. The first-order chi connectivity index (χ1) is 9.65. The highest BCUT2D eigenvalue weighted by molar-refractivity contribution is 5.88. The van der Waals surface area contributed by atoms with Crippen molar-refractivity contribution in [2.24, 2.45) is 11.8 Å². The maximum Gasteiger partial charge on any atom is 0.258 e. The summed E-state index contributed by atoms with van der Waals surface area (Å²) in [6.07, 6.45) is 5.33. The lowest BCUT2D eigenvalue weighted by Crippen LogP contribution is -2.17. The van der Waals surface area contributed by atoms with E-state index in [2.05, 4.69) is 22.2 Å². The maximum absolute atomic E-state index is 11.7. The SMILES string of the molecule is CC1CCCC1CNc1cc2nc[nH]c(=O)c2cc1N. The van der Waals surface area contributed by atoms with Gasteiger partial charge in [0.05, 0.1) is 28.6 Å². The third-order valence-corrected chi connectivity index (χ3v) is 4.41. The van der Waals surface area contributed by atoms with Crippen molar-refractivity contribution in [1.29, 1.82) is 0 Å². The van der Waals surface area contributed by atoms with Gasteiger partial charge in [-0.1, -0.05) is 19.8 Å². The number of nitrogen functional groups attached to an aromatic ring is 1. The average Bonchev–Trinajstić information content (AvgIpc) is 2.83. The smallest absolute Gasteiger partial charge is 0.258 e. The molecule has 1 heterocycles.